The molecule has 11 nitrogen and oxygen atoms in total. The van der Waals surface area contributed by atoms with E-state index < -0.39 is 24.0 Å². The molecule has 12 heteroatoms. The quantitative estimate of drug-likeness (QED) is 0.328. The van der Waals surface area contributed by atoms with Crippen molar-refractivity contribution in [1.29, 1.82) is 0 Å². The first-order chi connectivity index (χ1) is 19.3. The lowest BCUT2D eigenvalue weighted by Gasteiger charge is -2.23. The number of nitrogens with zero attached hydrogens (tertiary/aromatic N) is 7. The Labute approximate surface area is 227 Å². The number of Topliss-reactive ketones (excluding diaryl/α,β-unsaturated/α-hetero) is 1. The summed E-state index contributed by atoms with van der Waals surface area (Å²) in [4.78, 5) is 48.5. The zero-order valence-electron chi connectivity index (χ0n) is 21.8. The second-order valence-electron chi connectivity index (χ2n) is 9.82. The van der Waals surface area contributed by atoms with Crippen molar-refractivity contribution in [1.82, 2.24) is 34.3 Å². The van der Waals surface area contributed by atoms with Crippen LogP contribution in [0.3, 0.4) is 0 Å². The summed E-state index contributed by atoms with van der Waals surface area (Å²) in [5.74, 6) is -0.931. The number of ketones is 1. The van der Waals surface area contributed by atoms with Gasteiger partial charge in [0.05, 0.1) is 17.8 Å². The normalized spacial score (nSPS) is 17.0. The van der Waals surface area contributed by atoms with Gasteiger partial charge in [0.25, 0.3) is 0 Å². The molecule has 0 saturated carbocycles. The number of alkyl halides is 1. The van der Waals surface area contributed by atoms with Gasteiger partial charge in [0.1, 0.15) is 30.3 Å². The molecule has 0 bridgehead atoms. The molecule has 1 fully saturated rings. The van der Waals surface area contributed by atoms with Gasteiger partial charge in [-0.05, 0) is 36.8 Å². The highest BCUT2D eigenvalue weighted by Crippen LogP contribution is 2.28. The summed E-state index contributed by atoms with van der Waals surface area (Å²) in [6, 6.07) is 11.4. The van der Waals surface area contributed by atoms with Crippen molar-refractivity contribution in [2.45, 2.75) is 39.0 Å². The third-order valence-corrected chi connectivity index (χ3v) is 6.93. The Morgan fingerprint density at radius 2 is 1.93 bits per heavy atom. The SMILES string of the molecule is CC(=O)c1nn(CC(=O)N2C[C@H](F)C[C@H]2C(=O)Nc2ccccn2)c2ccc(-c3cnc4cc(C)nn4c3)cc12. The molecule has 2 amide bonds. The van der Waals surface area contributed by atoms with Crippen LogP contribution in [-0.4, -0.2) is 70.6 Å². The maximum absolute atomic E-state index is 14.4. The number of rotatable bonds is 6. The van der Waals surface area contributed by atoms with Crippen LogP contribution < -0.4 is 5.32 Å². The van der Waals surface area contributed by atoms with Gasteiger partial charge < -0.3 is 10.2 Å². The molecule has 5 heterocycles. The van der Waals surface area contributed by atoms with Gasteiger partial charge in [0.15, 0.2) is 11.4 Å². The molecule has 2 atom stereocenters. The zero-order chi connectivity index (χ0) is 28.0. The Hall–Kier alpha value is -5.00. The zero-order valence-corrected chi connectivity index (χ0v) is 21.8. The van der Waals surface area contributed by atoms with Crippen molar-refractivity contribution in [2.24, 2.45) is 0 Å². The summed E-state index contributed by atoms with van der Waals surface area (Å²) in [5, 5.41) is 12.1. The Morgan fingerprint density at radius 1 is 1.07 bits per heavy atom. The van der Waals surface area contributed by atoms with Gasteiger partial charge in [0.2, 0.25) is 11.8 Å². The van der Waals surface area contributed by atoms with Crippen LogP contribution in [0.1, 0.15) is 29.5 Å². The minimum atomic E-state index is -1.34. The minimum absolute atomic E-state index is 0.111. The van der Waals surface area contributed by atoms with Crippen molar-refractivity contribution in [3.8, 4) is 11.1 Å². The van der Waals surface area contributed by atoms with E-state index in [-0.39, 0.29) is 31.0 Å². The van der Waals surface area contributed by atoms with E-state index in [0.717, 1.165) is 22.5 Å². The second-order valence-corrected chi connectivity index (χ2v) is 9.82. The molecule has 1 N–H and O–H groups in total. The number of carbonyl (C=O) groups is 3. The predicted molar refractivity (Wildman–Crippen MR) is 144 cm³/mol. The molecule has 0 aliphatic carbocycles. The number of aromatic nitrogens is 6. The molecule has 0 spiro atoms. The van der Waals surface area contributed by atoms with Crippen molar-refractivity contribution >= 4 is 40.0 Å². The number of fused-ring (bicyclic) bond motifs is 2. The van der Waals surface area contributed by atoms with Gasteiger partial charge in [-0.3, -0.25) is 19.1 Å². The smallest absolute Gasteiger partial charge is 0.248 e. The molecule has 1 aliphatic heterocycles. The predicted octanol–water partition coefficient (Wildman–Crippen LogP) is 3.23. The highest BCUT2D eigenvalue weighted by atomic mass is 19.1. The largest absolute Gasteiger partial charge is 0.326 e. The van der Waals surface area contributed by atoms with Crippen molar-refractivity contribution in [3.63, 3.8) is 0 Å². The number of hydrogen-bond donors (Lipinski definition) is 1. The van der Waals surface area contributed by atoms with Crippen LogP contribution >= 0.6 is 0 Å². The van der Waals surface area contributed by atoms with E-state index in [9.17, 15) is 18.8 Å². The van der Waals surface area contributed by atoms with Crippen LogP contribution in [0.4, 0.5) is 10.2 Å². The fourth-order valence-electron chi connectivity index (χ4n) is 5.06. The van der Waals surface area contributed by atoms with Gasteiger partial charge in [-0.2, -0.15) is 10.2 Å². The van der Waals surface area contributed by atoms with Crippen molar-refractivity contribution < 1.29 is 18.8 Å². The van der Waals surface area contributed by atoms with Crippen LogP contribution in [0.15, 0.2) is 61.1 Å². The molecule has 1 aromatic carbocycles. The van der Waals surface area contributed by atoms with Gasteiger partial charge in [-0.1, -0.05) is 12.1 Å². The molecule has 6 rings (SSSR count). The number of carbonyl (C=O) groups excluding carboxylic acids is 3. The number of pyridine rings is 1. The van der Waals surface area contributed by atoms with Crippen LogP contribution in [0.2, 0.25) is 0 Å². The van der Waals surface area contributed by atoms with Crippen molar-refractivity contribution in [3.05, 3.63) is 72.4 Å². The monoisotopic (exact) mass is 540 g/mol. The van der Waals surface area contributed by atoms with Crippen molar-refractivity contribution in [2.75, 3.05) is 11.9 Å². The summed E-state index contributed by atoms with van der Waals surface area (Å²) in [5.41, 5.74) is 3.94. The summed E-state index contributed by atoms with van der Waals surface area (Å²) in [6.45, 7) is 2.83. The first kappa shape index (κ1) is 25.3. The second kappa shape index (κ2) is 9.95. The van der Waals surface area contributed by atoms with Gasteiger partial charge >= 0.3 is 0 Å². The van der Waals surface area contributed by atoms with Gasteiger partial charge in [-0.15, -0.1) is 0 Å². The van der Waals surface area contributed by atoms with Crippen LogP contribution in [0.25, 0.3) is 27.7 Å². The number of hydrogen-bond acceptors (Lipinski definition) is 7. The molecular weight excluding hydrogens is 515 g/mol. The number of likely N-dealkylation sites (tertiary alicyclic amines) is 1. The molecular formula is C28H25FN8O3. The maximum atomic E-state index is 14.4. The molecule has 0 radical (unpaired) electrons. The van der Waals surface area contributed by atoms with E-state index in [0.29, 0.717) is 16.7 Å². The minimum Gasteiger partial charge on any atom is -0.326 e. The number of amides is 2. The number of halogens is 1. The number of nitrogens with one attached hydrogen (secondary N) is 1. The molecule has 202 valence electrons. The summed E-state index contributed by atoms with van der Waals surface area (Å²) >= 11 is 0. The lowest BCUT2D eigenvalue weighted by atomic mass is 10.0. The Balaban J connectivity index is 1.28. The molecule has 40 heavy (non-hydrogen) atoms. The first-order valence-corrected chi connectivity index (χ1v) is 12.8. The average molecular weight is 541 g/mol. The highest BCUT2D eigenvalue weighted by molar-refractivity contribution is 6.06. The molecule has 4 aromatic heterocycles. The molecule has 1 saturated heterocycles. The van der Waals surface area contributed by atoms with E-state index in [4.69, 9.17) is 0 Å². The van der Waals surface area contributed by atoms with Crippen LogP contribution in [0.5, 0.6) is 0 Å². The number of aryl methyl sites for hydroxylation is 1. The van der Waals surface area contributed by atoms with Crippen LogP contribution in [-0.2, 0) is 16.1 Å². The standard InChI is InChI=1S/C28H25FN8O3/c1-16-9-25-31-12-19(13-37(25)33-16)18-6-7-22-21(10-18)27(17(2)38)34-36(22)15-26(39)35-14-20(29)11-23(35)28(40)32-24-5-3-4-8-30-24/h3-10,12-13,20,23H,11,14-15H2,1-2H3,(H,30,32,40)/t20-,23+/m1/s1. The maximum Gasteiger partial charge on any atom is 0.248 e. The lowest BCUT2D eigenvalue weighted by molar-refractivity contribution is -0.137. The van der Waals surface area contributed by atoms with E-state index in [2.05, 4.69) is 25.5 Å². The van der Waals surface area contributed by atoms with Gasteiger partial charge in [-0.25, -0.2) is 18.9 Å². The average Bonchev–Trinajstić information content (AvgIpc) is 3.62. The van der Waals surface area contributed by atoms with E-state index in [1.165, 1.54) is 22.7 Å². The third kappa shape index (κ3) is 4.68. The Bertz CT molecular complexity index is 1780. The fourth-order valence-corrected chi connectivity index (χ4v) is 5.06. The molecule has 5 aromatic rings. The summed E-state index contributed by atoms with van der Waals surface area (Å²) in [7, 11) is 0. The number of benzene rings is 1. The van der Waals surface area contributed by atoms with Gasteiger partial charge in [0, 0.05) is 49.0 Å². The van der Waals surface area contributed by atoms with E-state index in [1.54, 1.807) is 35.0 Å². The first-order valence-electron chi connectivity index (χ1n) is 12.8. The Kier molecular flexibility index (Phi) is 6.29. The lowest BCUT2D eigenvalue weighted by Crippen LogP contribution is -2.44. The van der Waals surface area contributed by atoms with E-state index >= 15 is 0 Å². The van der Waals surface area contributed by atoms with E-state index in [1.807, 2.05) is 31.3 Å². The Morgan fingerprint density at radius 3 is 2.70 bits per heavy atom. The topological polar surface area (TPSA) is 127 Å². The molecule has 1 aliphatic rings. The summed E-state index contributed by atoms with van der Waals surface area (Å²) in [6.07, 6.45) is 3.67. The summed E-state index contributed by atoms with van der Waals surface area (Å²) < 4.78 is 17.5. The highest BCUT2D eigenvalue weighted by Gasteiger charge is 2.40. The third-order valence-electron chi connectivity index (χ3n) is 6.93. The molecule has 0 unspecified atom stereocenters. The van der Waals surface area contributed by atoms with Crippen LogP contribution in [0, 0.1) is 6.92 Å². The number of anilines is 1. The fraction of sp³-hybridized carbons (Fsp3) is 0.250.